The summed E-state index contributed by atoms with van der Waals surface area (Å²) in [5.41, 5.74) is -1.17. The molecule has 1 atom stereocenters. The molecule has 1 aliphatic heterocycles. The summed E-state index contributed by atoms with van der Waals surface area (Å²) in [6, 6.07) is 0. The minimum Gasteiger partial charge on any atom is -0.479 e. The Kier molecular flexibility index (Phi) is 1.76. The third-order valence-corrected chi connectivity index (χ3v) is 1.63. The first-order chi connectivity index (χ1) is 5.04. The normalized spacial score (nSPS) is 29.8. The Morgan fingerprint density at radius 2 is 2.55 bits per heavy atom. The Bertz CT molecular complexity index is 247. The van der Waals surface area contributed by atoms with E-state index in [0.29, 0.717) is 0 Å². The van der Waals surface area contributed by atoms with Crippen LogP contribution in [0.15, 0.2) is 16.9 Å². The van der Waals surface area contributed by atoms with Gasteiger partial charge >= 0.3 is 5.97 Å². The minimum atomic E-state index is -1.17. The maximum Gasteiger partial charge on any atom is 0.331 e. The fraction of sp³-hybridized carbons (Fsp3) is 0.429. The minimum absolute atomic E-state index is 0.116. The van der Waals surface area contributed by atoms with Gasteiger partial charge in [-0.3, -0.25) is 4.99 Å². The number of aliphatic imine (C=N–C) groups is 1. The van der Waals surface area contributed by atoms with Crippen LogP contribution in [0.3, 0.4) is 0 Å². The van der Waals surface area contributed by atoms with E-state index >= 15 is 0 Å². The van der Waals surface area contributed by atoms with Crippen molar-refractivity contribution in [1.82, 2.24) is 0 Å². The van der Waals surface area contributed by atoms with E-state index in [1.807, 2.05) is 0 Å². The van der Waals surface area contributed by atoms with E-state index in [-0.39, 0.29) is 6.42 Å². The van der Waals surface area contributed by atoms with E-state index in [1.54, 1.807) is 0 Å². The van der Waals surface area contributed by atoms with Crippen molar-refractivity contribution in [3.63, 3.8) is 0 Å². The molecule has 0 aliphatic carbocycles. The number of nitrogens with zero attached hydrogens (tertiary/aromatic N) is 1. The van der Waals surface area contributed by atoms with Gasteiger partial charge < -0.3 is 5.11 Å². The van der Waals surface area contributed by atoms with Crippen molar-refractivity contribution in [2.24, 2.45) is 4.99 Å². The Morgan fingerprint density at radius 3 is 2.91 bits per heavy atom. The van der Waals surface area contributed by atoms with Gasteiger partial charge in [-0.2, -0.15) is 0 Å². The molecule has 1 heterocycles. The maximum atomic E-state index is 12.3. The Labute approximate surface area is 63.3 Å². The van der Waals surface area contributed by atoms with Crippen LogP contribution in [0.25, 0.3) is 0 Å². The number of dihydropyridines is 1. The Balaban J connectivity index is 2.82. The first-order valence-electron chi connectivity index (χ1n) is 3.19. The molecule has 0 aromatic carbocycles. The zero-order valence-electron chi connectivity index (χ0n) is 6.04. The zero-order chi connectivity index (χ0) is 8.48. The average molecular weight is 157 g/mol. The standard InChI is InChI=1S/C7H8FNO2/c1-7(6(10)11)3-2-5(8)4-9-7/h2,4H,3H2,1H3,(H,10,11). The second-order valence-corrected chi connectivity index (χ2v) is 2.63. The molecule has 1 unspecified atom stereocenters. The van der Waals surface area contributed by atoms with Crippen LogP contribution in [-0.2, 0) is 4.79 Å². The largest absolute Gasteiger partial charge is 0.479 e. The molecule has 0 saturated heterocycles. The number of hydrogen-bond acceptors (Lipinski definition) is 2. The van der Waals surface area contributed by atoms with Crippen LogP contribution in [-0.4, -0.2) is 22.8 Å². The summed E-state index contributed by atoms with van der Waals surface area (Å²) in [6.07, 6.45) is 2.28. The Morgan fingerprint density at radius 1 is 1.91 bits per heavy atom. The summed E-state index contributed by atoms with van der Waals surface area (Å²) in [4.78, 5) is 14.1. The van der Waals surface area contributed by atoms with Crippen LogP contribution >= 0.6 is 0 Å². The third-order valence-electron chi connectivity index (χ3n) is 1.63. The van der Waals surface area contributed by atoms with Gasteiger partial charge in [0, 0.05) is 6.42 Å². The lowest BCUT2D eigenvalue weighted by Crippen LogP contribution is -2.33. The van der Waals surface area contributed by atoms with Gasteiger partial charge in [0.25, 0.3) is 0 Å². The summed E-state index contributed by atoms with van der Waals surface area (Å²) in [5, 5.41) is 8.62. The summed E-state index contributed by atoms with van der Waals surface area (Å²) in [6.45, 7) is 1.45. The molecule has 0 fully saturated rings. The van der Waals surface area contributed by atoms with E-state index in [9.17, 15) is 9.18 Å². The summed E-state index contributed by atoms with van der Waals surface area (Å²) >= 11 is 0. The first kappa shape index (κ1) is 7.91. The molecule has 0 aromatic rings. The number of hydrogen-bond donors (Lipinski definition) is 1. The molecule has 0 amide bonds. The SMILES string of the molecule is CC1(C(=O)O)CC=C(F)C=N1. The van der Waals surface area contributed by atoms with Gasteiger partial charge in [-0.15, -0.1) is 0 Å². The van der Waals surface area contributed by atoms with Crippen LogP contribution in [0.4, 0.5) is 4.39 Å². The highest BCUT2D eigenvalue weighted by atomic mass is 19.1. The van der Waals surface area contributed by atoms with E-state index in [2.05, 4.69) is 4.99 Å². The molecule has 0 bridgehead atoms. The molecule has 0 aromatic heterocycles. The average Bonchev–Trinajstić information content (AvgIpc) is 1.95. The summed E-state index contributed by atoms with van der Waals surface area (Å²) < 4.78 is 12.3. The van der Waals surface area contributed by atoms with Gasteiger partial charge in [-0.25, -0.2) is 9.18 Å². The van der Waals surface area contributed by atoms with Crippen molar-refractivity contribution in [3.05, 3.63) is 11.9 Å². The number of carboxylic acid groups (broad SMARTS) is 1. The number of rotatable bonds is 1. The van der Waals surface area contributed by atoms with Crippen LogP contribution in [0.2, 0.25) is 0 Å². The monoisotopic (exact) mass is 157 g/mol. The second-order valence-electron chi connectivity index (χ2n) is 2.63. The molecule has 0 saturated carbocycles. The summed E-state index contributed by atoms with van der Waals surface area (Å²) in [5.74, 6) is -1.50. The molecule has 1 aliphatic rings. The van der Waals surface area contributed by atoms with Gasteiger partial charge in [0.1, 0.15) is 5.83 Å². The smallest absolute Gasteiger partial charge is 0.331 e. The molecule has 3 nitrogen and oxygen atoms in total. The van der Waals surface area contributed by atoms with E-state index in [4.69, 9.17) is 5.11 Å². The van der Waals surface area contributed by atoms with E-state index in [0.717, 1.165) is 6.21 Å². The van der Waals surface area contributed by atoms with E-state index in [1.165, 1.54) is 13.0 Å². The lowest BCUT2D eigenvalue weighted by molar-refractivity contribution is -0.142. The van der Waals surface area contributed by atoms with Crippen molar-refractivity contribution in [2.75, 3.05) is 0 Å². The van der Waals surface area contributed by atoms with E-state index < -0.39 is 17.3 Å². The van der Waals surface area contributed by atoms with Crippen LogP contribution in [0.1, 0.15) is 13.3 Å². The highest BCUT2D eigenvalue weighted by molar-refractivity contribution is 5.86. The van der Waals surface area contributed by atoms with Gasteiger partial charge in [0.2, 0.25) is 0 Å². The topological polar surface area (TPSA) is 49.7 Å². The molecule has 1 N–H and O–H groups in total. The van der Waals surface area contributed by atoms with Gasteiger partial charge in [0.15, 0.2) is 5.54 Å². The molecular formula is C7H8FNO2. The lowest BCUT2D eigenvalue weighted by Gasteiger charge is -2.19. The maximum absolute atomic E-state index is 12.3. The predicted octanol–water partition coefficient (Wildman–Crippen LogP) is 1.16. The molecule has 1 rings (SSSR count). The first-order valence-corrected chi connectivity index (χ1v) is 3.19. The Hall–Kier alpha value is -1.19. The zero-order valence-corrected chi connectivity index (χ0v) is 6.04. The number of allylic oxidation sites excluding steroid dienone is 1. The molecule has 11 heavy (non-hydrogen) atoms. The van der Waals surface area contributed by atoms with Gasteiger partial charge in [-0.1, -0.05) is 0 Å². The van der Waals surface area contributed by atoms with Crippen molar-refractivity contribution >= 4 is 12.2 Å². The van der Waals surface area contributed by atoms with Crippen molar-refractivity contribution in [1.29, 1.82) is 0 Å². The molecule has 60 valence electrons. The quantitative estimate of drug-likeness (QED) is 0.620. The molecular weight excluding hydrogens is 149 g/mol. The number of carbonyl (C=O) groups is 1. The summed E-state index contributed by atoms with van der Waals surface area (Å²) in [7, 11) is 0. The molecule has 0 spiro atoms. The van der Waals surface area contributed by atoms with Crippen LogP contribution in [0.5, 0.6) is 0 Å². The fourth-order valence-electron chi connectivity index (χ4n) is 0.748. The number of halogens is 1. The number of carboxylic acids is 1. The second kappa shape index (κ2) is 2.45. The van der Waals surface area contributed by atoms with Crippen LogP contribution < -0.4 is 0 Å². The van der Waals surface area contributed by atoms with Crippen LogP contribution in [0, 0.1) is 0 Å². The predicted molar refractivity (Wildman–Crippen MR) is 38.3 cm³/mol. The van der Waals surface area contributed by atoms with Crippen molar-refractivity contribution in [2.45, 2.75) is 18.9 Å². The van der Waals surface area contributed by atoms with Crippen molar-refractivity contribution < 1.29 is 14.3 Å². The lowest BCUT2D eigenvalue weighted by atomic mass is 9.97. The fourth-order valence-corrected chi connectivity index (χ4v) is 0.748. The molecule has 0 radical (unpaired) electrons. The highest BCUT2D eigenvalue weighted by Gasteiger charge is 2.32. The third kappa shape index (κ3) is 1.45. The van der Waals surface area contributed by atoms with Gasteiger partial charge in [0.05, 0.1) is 6.21 Å². The van der Waals surface area contributed by atoms with Crippen molar-refractivity contribution in [3.8, 4) is 0 Å². The molecule has 4 heteroatoms. The highest BCUT2D eigenvalue weighted by Crippen LogP contribution is 2.21. The van der Waals surface area contributed by atoms with Gasteiger partial charge in [-0.05, 0) is 13.0 Å². The number of aliphatic carboxylic acids is 1.